The molecule has 0 aliphatic heterocycles. The maximum atomic E-state index is 13.4. The van der Waals surface area contributed by atoms with Crippen molar-refractivity contribution in [2.75, 3.05) is 6.61 Å². The molecule has 1 atom stereocenters. The Morgan fingerprint density at radius 3 is 2.31 bits per heavy atom. The summed E-state index contributed by atoms with van der Waals surface area (Å²) in [7, 11) is 0. The minimum Gasteiger partial charge on any atom is -0.484 e. The first-order chi connectivity index (χ1) is 16.6. The lowest BCUT2D eigenvalue weighted by atomic mass is 9.87. The molecule has 0 saturated heterocycles. The van der Waals surface area contributed by atoms with Gasteiger partial charge in [0.2, 0.25) is 5.91 Å². The van der Waals surface area contributed by atoms with Gasteiger partial charge in [0.05, 0.1) is 0 Å². The first-order valence-corrected chi connectivity index (χ1v) is 13.1. The Bertz CT molecular complexity index is 1010. The lowest BCUT2D eigenvalue weighted by Crippen LogP contribution is -2.52. The molecule has 1 aliphatic rings. The summed E-state index contributed by atoms with van der Waals surface area (Å²) in [5.74, 6) is 0.205. The van der Waals surface area contributed by atoms with Crippen LogP contribution in [0.25, 0.3) is 0 Å². The van der Waals surface area contributed by atoms with Crippen LogP contribution in [0.4, 0.5) is 0 Å². The van der Waals surface area contributed by atoms with Crippen molar-refractivity contribution in [2.45, 2.75) is 83.8 Å². The maximum Gasteiger partial charge on any atom is 0.261 e. The maximum absolute atomic E-state index is 13.4. The van der Waals surface area contributed by atoms with Crippen molar-refractivity contribution in [2.24, 2.45) is 0 Å². The van der Waals surface area contributed by atoms with Crippen molar-refractivity contribution < 1.29 is 14.3 Å². The number of carbonyl (C=O) groups is 2. The Kier molecular flexibility index (Phi) is 9.48. The van der Waals surface area contributed by atoms with Gasteiger partial charge in [0.25, 0.3) is 5.91 Å². The Morgan fingerprint density at radius 2 is 1.74 bits per heavy atom. The van der Waals surface area contributed by atoms with Crippen molar-refractivity contribution in [1.82, 2.24) is 10.2 Å². The van der Waals surface area contributed by atoms with E-state index in [2.05, 4.69) is 26.1 Å². The molecule has 2 aromatic carbocycles. The Labute approximate surface area is 219 Å². The Morgan fingerprint density at radius 1 is 1.09 bits per heavy atom. The highest BCUT2D eigenvalue weighted by Gasteiger charge is 2.31. The largest absolute Gasteiger partial charge is 0.484 e. The zero-order valence-electron chi connectivity index (χ0n) is 21.1. The number of carbonyl (C=O) groups excluding carboxylic acids is 2. The molecular formula is C28H36Cl2N2O3. The standard InChI is InChI=1S/C28H36Cl2N2O3/c1-5-25(27(34)31-22-8-6-7-9-22)32(17-19-10-13-21(29)16-24(19)30)26(33)18-35-23-14-11-20(12-15-23)28(2,3)4/h10-16,22,25H,5-9,17-18H2,1-4H3,(H,31,34)/t25-/m1/s1. The summed E-state index contributed by atoms with van der Waals surface area (Å²) in [5.41, 5.74) is 1.94. The fourth-order valence-corrected chi connectivity index (χ4v) is 4.87. The summed E-state index contributed by atoms with van der Waals surface area (Å²) in [6.07, 6.45) is 4.68. The second-order valence-corrected chi connectivity index (χ2v) is 11.1. The molecule has 0 aromatic heterocycles. The lowest BCUT2D eigenvalue weighted by molar-refractivity contribution is -0.143. The average Bonchev–Trinajstić information content (AvgIpc) is 3.31. The predicted molar refractivity (Wildman–Crippen MR) is 142 cm³/mol. The molecule has 0 unspecified atom stereocenters. The zero-order chi connectivity index (χ0) is 25.6. The van der Waals surface area contributed by atoms with E-state index in [1.54, 1.807) is 23.1 Å². The van der Waals surface area contributed by atoms with Gasteiger partial charge in [-0.25, -0.2) is 0 Å². The third kappa shape index (κ3) is 7.62. The van der Waals surface area contributed by atoms with Crippen molar-refractivity contribution in [3.05, 3.63) is 63.6 Å². The van der Waals surface area contributed by atoms with Crippen LogP contribution in [-0.4, -0.2) is 35.4 Å². The number of nitrogens with one attached hydrogen (secondary N) is 1. The van der Waals surface area contributed by atoms with Crippen LogP contribution in [0.3, 0.4) is 0 Å². The summed E-state index contributed by atoms with van der Waals surface area (Å²) in [6.45, 7) is 8.37. The van der Waals surface area contributed by atoms with Crippen molar-refractivity contribution in [1.29, 1.82) is 0 Å². The smallest absolute Gasteiger partial charge is 0.261 e. The van der Waals surface area contributed by atoms with E-state index in [0.29, 0.717) is 22.2 Å². The molecule has 1 aliphatic carbocycles. The predicted octanol–water partition coefficient (Wildman–Crippen LogP) is 6.54. The van der Waals surface area contributed by atoms with E-state index in [1.807, 2.05) is 31.2 Å². The van der Waals surface area contributed by atoms with Gasteiger partial charge in [-0.05, 0) is 60.1 Å². The van der Waals surface area contributed by atoms with E-state index in [0.717, 1.165) is 31.2 Å². The van der Waals surface area contributed by atoms with Gasteiger partial charge in [0, 0.05) is 22.6 Å². The Balaban J connectivity index is 1.77. The topological polar surface area (TPSA) is 58.6 Å². The summed E-state index contributed by atoms with van der Waals surface area (Å²) in [5, 5.41) is 4.12. The van der Waals surface area contributed by atoms with E-state index in [1.165, 1.54) is 5.56 Å². The van der Waals surface area contributed by atoms with Gasteiger partial charge in [-0.2, -0.15) is 0 Å². The third-order valence-corrected chi connectivity index (χ3v) is 7.11. The van der Waals surface area contributed by atoms with Crippen LogP contribution in [0.15, 0.2) is 42.5 Å². The molecule has 1 saturated carbocycles. The van der Waals surface area contributed by atoms with Gasteiger partial charge in [-0.1, -0.05) is 81.9 Å². The molecule has 1 fully saturated rings. The van der Waals surface area contributed by atoms with Gasteiger partial charge in [0.15, 0.2) is 6.61 Å². The van der Waals surface area contributed by atoms with E-state index in [4.69, 9.17) is 27.9 Å². The van der Waals surface area contributed by atoms with Gasteiger partial charge in [-0.3, -0.25) is 9.59 Å². The number of halogens is 2. The molecule has 190 valence electrons. The number of hydrogen-bond donors (Lipinski definition) is 1. The zero-order valence-corrected chi connectivity index (χ0v) is 22.6. The second-order valence-electron chi connectivity index (χ2n) is 10.2. The normalized spacial score (nSPS) is 15.0. The molecule has 0 heterocycles. The summed E-state index contributed by atoms with van der Waals surface area (Å²) in [4.78, 5) is 28.2. The van der Waals surface area contributed by atoms with Gasteiger partial charge >= 0.3 is 0 Å². The number of ether oxygens (including phenoxy) is 1. The second kappa shape index (κ2) is 12.1. The fourth-order valence-electron chi connectivity index (χ4n) is 4.40. The molecule has 1 N–H and O–H groups in total. The molecule has 3 rings (SSSR count). The van der Waals surface area contributed by atoms with Crippen LogP contribution in [-0.2, 0) is 21.5 Å². The molecule has 7 heteroatoms. The Hall–Kier alpha value is -2.24. The molecule has 2 aromatic rings. The highest BCUT2D eigenvalue weighted by molar-refractivity contribution is 6.35. The number of rotatable bonds is 9. The number of amides is 2. The first-order valence-electron chi connectivity index (χ1n) is 12.4. The van der Waals surface area contributed by atoms with Crippen LogP contribution in [0.5, 0.6) is 5.75 Å². The minimum atomic E-state index is -0.623. The minimum absolute atomic E-state index is 0.0318. The molecule has 2 amide bonds. The quantitative estimate of drug-likeness (QED) is 0.410. The van der Waals surface area contributed by atoms with Crippen LogP contribution < -0.4 is 10.1 Å². The van der Waals surface area contributed by atoms with E-state index in [9.17, 15) is 9.59 Å². The number of benzene rings is 2. The molecule has 35 heavy (non-hydrogen) atoms. The molecule has 0 bridgehead atoms. The summed E-state index contributed by atoms with van der Waals surface area (Å²) >= 11 is 12.5. The van der Waals surface area contributed by atoms with Gasteiger partial charge in [0.1, 0.15) is 11.8 Å². The van der Waals surface area contributed by atoms with Crippen LogP contribution in [0.2, 0.25) is 10.0 Å². The van der Waals surface area contributed by atoms with E-state index in [-0.39, 0.29) is 36.4 Å². The van der Waals surface area contributed by atoms with Crippen LogP contribution in [0, 0.1) is 0 Å². The summed E-state index contributed by atoms with van der Waals surface area (Å²) in [6, 6.07) is 12.5. The SMILES string of the molecule is CC[C@H](C(=O)NC1CCCC1)N(Cc1ccc(Cl)cc1Cl)C(=O)COc1ccc(C(C)(C)C)cc1. The fraction of sp³-hybridized carbons (Fsp3) is 0.500. The van der Waals surface area contributed by atoms with E-state index < -0.39 is 6.04 Å². The summed E-state index contributed by atoms with van der Waals surface area (Å²) < 4.78 is 5.83. The van der Waals surface area contributed by atoms with Crippen LogP contribution >= 0.6 is 23.2 Å². The number of nitrogens with zero attached hydrogens (tertiary/aromatic N) is 1. The van der Waals surface area contributed by atoms with Crippen molar-refractivity contribution in [3.63, 3.8) is 0 Å². The van der Waals surface area contributed by atoms with Crippen LogP contribution in [0.1, 0.15) is 70.9 Å². The van der Waals surface area contributed by atoms with Gasteiger partial charge in [-0.15, -0.1) is 0 Å². The average molecular weight is 520 g/mol. The molecular weight excluding hydrogens is 483 g/mol. The van der Waals surface area contributed by atoms with E-state index >= 15 is 0 Å². The third-order valence-electron chi connectivity index (χ3n) is 6.53. The molecule has 0 radical (unpaired) electrons. The lowest BCUT2D eigenvalue weighted by Gasteiger charge is -2.31. The van der Waals surface area contributed by atoms with Gasteiger partial charge < -0.3 is 15.0 Å². The highest BCUT2D eigenvalue weighted by Crippen LogP contribution is 2.26. The number of hydrogen-bond acceptors (Lipinski definition) is 3. The molecule has 5 nitrogen and oxygen atoms in total. The molecule has 0 spiro atoms. The van der Waals surface area contributed by atoms with Crippen molar-refractivity contribution >= 4 is 35.0 Å². The van der Waals surface area contributed by atoms with Crippen molar-refractivity contribution in [3.8, 4) is 5.75 Å². The monoisotopic (exact) mass is 518 g/mol. The first kappa shape index (κ1) is 27.3. The highest BCUT2D eigenvalue weighted by atomic mass is 35.5.